The Balaban J connectivity index is 1.64. The highest BCUT2D eigenvalue weighted by molar-refractivity contribution is 7.97. The molecule has 0 amide bonds. The Labute approximate surface area is 155 Å². The zero-order valence-electron chi connectivity index (χ0n) is 14.4. The van der Waals surface area contributed by atoms with Gasteiger partial charge in [0.1, 0.15) is 6.26 Å². The summed E-state index contributed by atoms with van der Waals surface area (Å²) in [5.74, 6) is 2.79. The predicted octanol–water partition coefficient (Wildman–Crippen LogP) is 3.33. The van der Waals surface area contributed by atoms with Crippen LogP contribution in [0.2, 0.25) is 0 Å². The molecular weight excluding hydrogens is 354 g/mol. The van der Waals surface area contributed by atoms with E-state index in [4.69, 9.17) is 9.41 Å². The molecule has 0 bridgehead atoms. The number of amidine groups is 1. The highest BCUT2D eigenvalue weighted by Crippen LogP contribution is 2.35. The van der Waals surface area contributed by atoms with E-state index < -0.39 is 0 Å². The van der Waals surface area contributed by atoms with Crippen LogP contribution in [0.5, 0.6) is 0 Å². The first-order valence-corrected chi connectivity index (χ1v) is 10.4. The molecule has 4 heterocycles. The van der Waals surface area contributed by atoms with Crippen molar-refractivity contribution in [2.24, 2.45) is 4.99 Å². The fraction of sp³-hybridized carbons (Fsp3) is 0.471. The van der Waals surface area contributed by atoms with Crippen molar-refractivity contribution in [1.82, 2.24) is 19.6 Å². The van der Waals surface area contributed by atoms with Crippen molar-refractivity contribution in [3.05, 3.63) is 40.1 Å². The van der Waals surface area contributed by atoms with Crippen LogP contribution in [-0.4, -0.2) is 45.6 Å². The second-order valence-electron chi connectivity index (χ2n) is 6.17. The first kappa shape index (κ1) is 16.8. The largest absolute Gasteiger partial charge is 0.444 e. The van der Waals surface area contributed by atoms with Crippen molar-refractivity contribution < 1.29 is 4.42 Å². The highest BCUT2D eigenvalue weighted by atomic mass is 32.2. The molecule has 2 aliphatic rings. The maximum Gasteiger partial charge on any atom is 0.225 e. The van der Waals surface area contributed by atoms with Crippen molar-refractivity contribution in [2.45, 2.75) is 32.7 Å². The fourth-order valence-electron chi connectivity index (χ4n) is 3.13. The van der Waals surface area contributed by atoms with E-state index in [0.29, 0.717) is 18.5 Å². The summed E-state index contributed by atoms with van der Waals surface area (Å²) in [7, 11) is 0. The van der Waals surface area contributed by atoms with Gasteiger partial charge in [-0.3, -0.25) is 9.71 Å². The van der Waals surface area contributed by atoms with Gasteiger partial charge >= 0.3 is 0 Å². The van der Waals surface area contributed by atoms with Gasteiger partial charge in [-0.2, -0.15) is 0 Å². The van der Waals surface area contributed by atoms with Gasteiger partial charge in [0.05, 0.1) is 17.8 Å². The number of nitrogens with one attached hydrogen (secondary N) is 1. The normalized spacial score (nSPS) is 20.2. The van der Waals surface area contributed by atoms with Crippen LogP contribution in [0.1, 0.15) is 36.4 Å². The number of nitrogens with zero attached hydrogens (tertiary/aromatic N) is 4. The molecule has 1 atom stereocenters. The van der Waals surface area contributed by atoms with E-state index in [-0.39, 0.29) is 0 Å². The number of hydrogen-bond acceptors (Lipinski definition) is 8. The van der Waals surface area contributed by atoms with Crippen LogP contribution in [0.15, 0.2) is 32.9 Å². The third-order valence-electron chi connectivity index (χ3n) is 4.22. The lowest BCUT2D eigenvalue weighted by Gasteiger charge is -2.26. The molecule has 2 aromatic rings. The lowest BCUT2D eigenvalue weighted by Crippen LogP contribution is -2.35. The van der Waals surface area contributed by atoms with Gasteiger partial charge in [0.25, 0.3) is 0 Å². The Morgan fingerprint density at radius 3 is 3.12 bits per heavy atom. The second-order valence-corrected chi connectivity index (χ2v) is 8.00. The van der Waals surface area contributed by atoms with E-state index in [9.17, 15) is 0 Å². The van der Waals surface area contributed by atoms with E-state index in [0.717, 1.165) is 40.8 Å². The minimum atomic E-state index is 0.390. The van der Waals surface area contributed by atoms with Crippen LogP contribution in [-0.2, 0) is 0 Å². The molecule has 4 rings (SSSR count). The maximum atomic E-state index is 5.67. The van der Waals surface area contributed by atoms with E-state index in [1.54, 1.807) is 29.5 Å². The lowest BCUT2D eigenvalue weighted by atomic mass is 10.1. The minimum absolute atomic E-state index is 0.390. The molecule has 2 aromatic heterocycles. The molecule has 1 fully saturated rings. The molecule has 1 saturated heterocycles. The summed E-state index contributed by atoms with van der Waals surface area (Å²) in [4.78, 5) is 16.1. The van der Waals surface area contributed by atoms with Gasteiger partial charge in [-0.05, 0) is 13.3 Å². The average molecular weight is 376 g/mol. The highest BCUT2D eigenvalue weighted by Gasteiger charge is 2.36. The van der Waals surface area contributed by atoms with Crippen molar-refractivity contribution in [2.75, 3.05) is 18.8 Å². The molecule has 0 spiro atoms. The number of rotatable bonds is 6. The van der Waals surface area contributed by atoms with Crippen LogP contribution >= 0.6 is 23.3 Å². The first-order chi connectivity index (χ1) is 12.3. The third-order valence-corrected chi connectivity index (χ3v) is 6.10. The molecule has 2 aliphatic heterocycles. The number of aryl methyl sites for hydroxylation is 1. The number of aromatic nitrogens is 2. The van der Waals surface area contributed by atoms with Crippen molar-refractivity contribution in [1.29, 1.82) is 0 Å². The topological polar surface area (TPSA) is 66.5 Å². The summed E-state index contributed by atoms with van der Waals surface area (Å²) in [6, 6.07) is 0.390. The Hall–Kier alpha value is -1.64. The molecule has 0 aromatic carbocycles. The molecule has 6 nitrogen and oxygen atoms in total. The summed E-state index contributed by atoms with van der Waals surface area (Å²) < 4.78 is 9.27. The van der Waals surface area contributed by atoms with Gasteiger partial charge in [-0.15, -0.1) is 11.3 Å². The van der Waals surface area contributed by atoms with Crippen LogP contribution in [0.4, 0.5) is 0 Å². The van der Waals surface area contributed by atoms with Crippen LogP contribution in [0, 0.1) is 6.92 Å². The summed E-state index contributed by atoms with van der Waals surface area (Å²) in [6.45, 7) is 5.64. The zero-order valence-corrected chi connectivity index (χ0v) is 16.0. The summed E-state index contributed by atoms with van der Waals surface area (Å²) in [5.41, 5.74) is 3.25. The molecule has 1 unspecified atom stereocenters. The Morgan fingerprint density at radius 2 is 2.40 bits per heavy atom. The molecule has 0 saturated carbocycles. The van der Waals surface area contributed by atoms with Crippen LogP contribution in [0.3, 0.4) is 0 Å². The van der Waals surface area contributed by atoms with Crippen molar-refractivity contribution >= 4 is 34.7 Å². The number of oxazole rings is 1. The Morgan fingerprint density at radius 1 is 1.48 bits per heavy atom. The lowest BCUT2D eigenvalue weighted by molar-refractivity contribution is 0.522. The summed E-state index contributed by atoms with van der Waals surface area (Å²) >= 11 is 3.44. The predicted molar refractivity (Wildman–Crippen MR) is 103 cm³/mol. The van der Waals surface area contributed by atoms with Gasteiger partial charge in [0, 0.05) is 42.0 Å². The van der Waals surface area contributed by atoms with Gasteiger partial charge < -0.3 is 9.32 Å². The molecule has 8 heteroatoms. The van der Waals surface area contributed by atoms with Gasteiger partial charge in [0.15, 0.2) is 10.8 Å². The van der Waals surface area contributed by atoms with E-state index in [1.807, 2.05) is 18.5 Å². The van der Waals surface area contributed by atoms with Crippen LogP contribution in [0.25, 0.3) is 5.57 Å². The Bertz CT molecular complexity index is 796. The Kier molecular flexibility index (Phi) is 4.91. The summed E-state index contributed by atoms with van der Waals surface area (Å²) in [5, 5.41) is 2.97. The van der Waals surface area contributed by atoms with E-state index in [2.05, 4.69) is 26.5 Å². The molecular formula is C17H21N5OS2. The van der Waals surface area contributed by atoms with Gasteiger partial charge in [-0.25, -0.2) is 9.97 Å². The number of hydrogen-bond donors (Lipinski definition) is 1. The minimum Gasteiger partial charge on any atom is -0.444 e. The zero-order chi connectivity index (χ0) is 17.2. The molecule has 0 aliphatic carbocycles. The smallest absolute Gasteiger partial charge is 0.225 e. The first-order valence-electron chi connectivity index (χ1n) is 8.50. The number of thiazole rings is 1. The monoisotopic (exact) mass is 375 g/mol. The fourth-order valence-corrected chi connectivity index (χ4v) is 4.50. The number of aliphatic imine (C=N–C) groups is 1. The maximum absolute atomic E-state index is 5.67. The standard InChI is InChI=1S/C17H21N5OS2/c1-3-5-25-21-12-7-14-13(16-20-11(2)10-23-16)8-19-15(22(14)9-12)17-18-4-6-24-17/h4,6,10,12,21H,3,5,7-9H2,1-2H3. The molecule has 132 valence electrons. The van der Waals surface area contributed by atoms with Crippen molar-refractivity contribution in [3.8, 4) is 0 Å². The SMILES string of the molecule is CCCSNC1CC2=C(c3nc(C)co3)CN=C(c3nccs3)N2C1. The average Bonchev–Trinajstić information content (AvgIpc) is 3.34. The van der Waals surface area contributed by atoms with Gasteiger partial charge in [-0.1, -0.05) is 18.9 Å². The van der Waals surface area contributed by atoms with E-state index >= 15 is 0 Å². The molecule has 0 radical (unpaired) electrons. The van der Waals surface area contributed by atoms with Crippen molar-refractivity contribution in [3.63, 3.8) is 0 Å². The quantitative estimate of drug-likeness (QED) is 0.617. The number of fused-ring (bicyclic) bond motifs is 1. The second kappa shape index (κ2) is 7.31. The van der Waals surface area contributed by atoms with Gasteiger partial charge in [0.2, 0.25) is 5.89 Å². The van der Waals surface area contributed by atoms with Crippen LogP contribution < -0.4 is 4.72 Å². The van der Waals surface area contributed by atoms with E-state index in [1.165, 1.54) is 12.1 Å². The summed E-state index contributed by atoms with van der Waals surface area (Å²) in [6.07, 6.45) is 5.66. The third kappa shape index (κ3) is 3.38. The molecule has 25 heavy (non-hydrogen) atoms. The molecule has 1 N–H and O–H groups in total.